The SMILES string of the molecule is Nc1cc(-c2ccc3[nH]c(=O)c(=O)[nH]c3c2)[nH]n1. The number of aromatic amines is 3. The maximum Gasteiger partial charge on any atom is 0.314 e. The van der Waals surface area contributed by atoms with Gasteiger partial charge in [0, 0.05) is 11.6 Å². The lowest BCUT2D eigenvalue weighted by Crippen LogP contribution is -2.28. The molecular weight excluding hydrogens is 234 g/mol. The Labute approximate surface area is 99.7 Å². The number of hydrogen-bond donors (Lipinski definition) is 4. The molecule has 0 spiro atoms. The largest absolute Gasteiger partial charge is 0.382 e. The van der Waals surface area contributed by atoms with Crippen LogP contribution in [0.3, 0.4) is 0 Å². The summed E-state index contributed by atoms with van der Waals surface area (Å²) in [7, 11) is 0. The van der Waals surface area contributed by atoms with Crippen molar-refractivity contribution in [2.45, 2.75) is 0 Å². The van der Waals surface area contributed by atoms with Gasteiger partial charge in [-0.3, -0.25) is 14.7 Å². The van der Waals surface area contributed by atoms with E-state index in [1.54, 1.807) is 24.3 Å². The predicted octanol–water partition coefficient (Wildman–Crippen LogP) is 0.189. The van der Waals surface area contributed by atoms with Gasteiger partial charge in [0.05, 0.1) is 16.7 Å². The van der Waals surface area contributed by atoms with Gasteiger partial charge in [0.15, 0.2) is 0 Å². The Morgan fingerprint density at radius 3 is 2.39 bits per heavy atom. The molecule has 0 saturated heterocycles. The summed E-state index contributed by atoms with van der Waals surface area (Å²) in [6, 6.07) is 6.92. The van der Waals surface area contributed by atoms with Crippen LogP contribution in [-0.4, -0.2) is 20.2 Å². The average Bonchev–Trinajstić information content (AvgIpc) is 2.77. The third-order valence-electron chi connectivity index (χ3n) is 2.63. The topological polar surface area (TPSA) is 120 Å². The van der Waals surface area contributed by atoms with Crippen LogP contribution in [0, 0.1) is 0 Å². The van der Waals surface area contributed by atoms with Crippen molar-refractivity contribution in [2.75, 3.05) is 5.73 Å². The van der Waals surface area contributed by atoms with Gasteiger partial charge >= 0.3 is 11.1 Å². The maximum atomic E-state index is 11.2. The highest BCUT2D eigenvalue weighted by molar-refractivity contribution is 5.80. The number of hydrogen-bond acceptors (Lipinski definition) is 4. The second-order valence-electron chi connectivity index (χ2n) is 3.88. The molecule has 0 radical (unpaired) electrons. The third-order valence-corrected chi connectivity index (χ3v) is 2.63. The minimum absolute atomic E-state index is 0.389. The van der Waals surface area contributed by atoms with Crippen LogP contribution in [0.25, 0.3) is 22.3 Å². The Balaban J connectivity index is 2.25. The van der Waals surface area contributed by atoms with E-state index < -0.39 is 11.1 Å². The Kier molecular flexibility index (Phi) is 2.06. The summed E-state index contributed by atoms with van der Waals surface area (Å²) in [6.45, 7) is 0. The first-order valence-electron chi connectivity index (χ1n) is 5.21. The molecule has 90 valence electrons. The monoisotopic (exact) mass is 243 g/mol. The Morgan fingerprint density at radius 1 is 1.00 bits per heavy atom. The van der Waals surface area contributed by atoms with Crippen molar-refractivity contribution in [3.63, 3.8) is 0 Å². The zero-order chi connectivity index (χ0) is 12.7. The summed E-state index contributed by atoms with van der Waals surface area (Å²) in [6.07, 6.45) is 0. The zero-order valence-electron chi connectivity index (χ0n) is 9.15. The molecule has 1 aromatic carbocycles. The van der Waals surface area contributed by atoms with Gasteiger partial charge in [-0.1, -0.05) is 6.07 Å². The fourth-order valence-electron chi connectivity index (χ4n) is 1.77. The van der Waals surface area contributed by atoms with Gasteiger partial charge in [-0.15, -0.1) is 0 Å². The number of anilines is 1. The number of H-pyrrole nitrogens is 3. The Morgan fingerprint density at radius 2 is 1.72 bits per heavy atom. The van der Waals surface area contributed by atoms with Crippen molar-refractivity contribution >= 4 is 16.9 Å². The van der Waals surface area contributed by atoms with Crippen LogP contribution in [0.1, 0.15) is 0 Å². The molecule has 0 aliphatic heterocycles. The summed E-state index contributed by atoms with van der Waals surface area (Å²) in [4.78, 5) is 27.4. The molecule has 0 unspecified atom stereocenters. The molecule has 0 saturated carbocycles. The summed E-state index contributed by atoms with van der Waals surface area (Å²) in [5.74, 6) is 0.389. The quantitative estimate of drug-likeness (QED) is 0.456. The fourth-order valence-corrected chi connectivity index (χ4v) is 1.77. The lowest BCUT2D eigenvalue weighted by Gasteiger charge is -2.00. The minimum atomic E-state index is -0.677. The first-order chi connectivity index (χ1) is 8.63. The molecule has 0 fully saturated rings. The number of aromatic nitrogens is 4. The highest BCUT2D eigenvalue weighted by atomic mass is 16.2. The standard InChI is InChI=1S/C11H9N5O2/c12-9-4-7(15-16-9)5-1-2-6-8(3-5)14-11(18)10(17)13-6/h1-4H,(H,13,17)(H,14,18)(H3,12,15,16). The lowest BCUT2D eigenvalue weighted by atomic mass is 10.1. The normalized spacial score (nSPS) is 10.9. The molecule has 18 heavy (non-hydrogen) atoms. The van der Waals surface area contributed by atoms with E-state index in [4.69, 9.17) is 5.73 Å². The van der Waals surface area contributed by atoms with E-state index in [1.165, 1.54) is 0 Å². The van der Waals surface area contributed by atoms with Crippen molar-refractivity contribution in [1.29, 1.82) is 0 Å². The van der Waals surface area contributed by atoms with Crippen LogP contribution in [0.15, 0.2) is 33.9 Å². The Bertz CT molecular complexity index is 842. The molecule has 0 atom stereocenters. The van der Waals surface area contributed by atoms with Crippen LogP contribution >= 0.6 is 0 Å². The van der Waals surface area contributed by atoms with Crippen molar-refractivity contribution in [3.8, 4) is 11.3 Å². The summed E-state index contributed by atoms with van der Waals surface area (Å²) in [5.41, 5.74) is 6.85. The summed E-state index contributed by atoms with van der Waals surface area (Å²) < 4.78 is 0. The van der Waals surface area contributed by atoms with E-state index in [-0.39, 0.29) is 0 Å². The van der Waals surface area contributed by atoms with E-state index >= 15 is 0 Å². The number of nitrogen functional groups attached to an aromatic ring is 1. The summed E-state index contributed by atoms with van der Waals surface area (Å²) in [5, 5.41) is 6.60. The van der Waals surface area contributed by atoms with Crippen LogP contribution in [-0.2, 0) is 0 Å². The number of nitrogens with two attached hydrogens (primary N) is 1. The van der Waals surface area contributed by atoms with Gasteiger partial charge in [0.1, 0.15) is 5.82 Å². The number of fused-ring (bicyclic) bond motifs is 1. The number of nitrogens with one attached hydrogen (secondary N) is 3. The van der Waals surface area contributed by atoms with Crippen molar-refractivity contribution in [2.24, 2.45) is 0 Å². The Hall–Kier alpha value is -2.83. The molecule has 3 aromatic rings. The molecule has 2 aromatic heterocycles. The first kappa shape index (κ1) is 10.3. The smallest absolute Gasteiger partial charge is 0.314 e. The number of nitrogens with zero attached hydrogens (tertiary/aromatic N) is 1. The van der Waals surface area contributed by atoms with E-state index in [1.807, 2.05) is 0 Å². The molecule has 0 bridgehead atoms. The number of benzene rings is 1. The van der Waals surface area contributed by atoms with Gasteiger partial charge < -0.3 is 15.7 Å². The average molecular weight is 243 g/mol. The lowest BCUT2D eigenvalue weighted by molar-refractivity contribution is 1.10. The molecule has 3 rings (SSSR count). The molecule has 0 amide bonds. The van der Waals surface area contributed by atoms with Gasteiger partial charge in [-0.25, -0.2) is 0 Å². The van der Waals surface area contributed by atoms with Gasteiger partial charge in [-0.2, -0.15) is 5.10 Å². The van der Waals surface area contributed by atoms with Crippen molar-refractivity contribution in [3.05, 3.63) is 45.0 Å². The van der Waals surface area contributed by atoms with E-state index in [2.05, 4.69) is 20.2 Å². The van der Waals surface area contributed by atoms with E-state index in [0.717, 1.165) is 11.3 Å². The highest BCUT2D eigenvalue weighted by Crippen LogP contribution is 2.21. The van der Waals surface area contributed by atoms with Crippen LogP contribution < -0.4 is 16.9 Å². The minimum Gasteiger partial charge on any atom is -0.382 e. The van der Waals surface area contributed by atoms with Crippen LogP contribution in [0.2, 0.25) is 0 Å². The van der Waals surface area contributed by atoms with Crippen molar-refractivity contribution in [1.82, 2.24) is 20.2 Å². The summed E-state index contributed by atoms with van der Waals surface area (Å²) >= 11 is 0. The van der Waals surface area contributed by atoms with Crippen molar-refractivity contribution < 1.29 is 0 Å². The molecular formula is C11H9N5O2. The molecule has 7 heteroatoms. The second-order valence-corrected chi connectivity index (χ2v) is 3.88. The first-order valence-corrected chi connectivity index (χ1v) is 5.21. The molecule has 0 aliphatic carbocycles. The third kappa shape index (κ3) is 1.58. The zero-order valence-corrected chi connectivity index (χ0v) is 9.15. The van der Waals surface area contributed by atoms with Gasteiger partial charge in [0.2, 0.25) is 0 Å². The molecule has 2 heterocycles. The van der Waals surface area contributed by atoms with Crippen LogP contribution in [0.5, 0.6) is 0 Å². The van der Waals surface area contributed by atoms with E-state index in [9.17, 15) is 9.59 Å². The van der Waals surface area contributed by atoms with Crippen LogP contribution in [0.4, 0.5) is 5.82 Å². The van der Waals surface area contributed by atoms with E-state index in [0.29, 0.717) is 16.9 Å². The molecule has 7 nitrogen and oxygen atoms in total. The van der Waals surface area contributed by atoms with Gasteiger partial charge in [-0.05, 0) is 12.1 Å². The maximum absolute atomic E-state index is 11.2. The second kappa shape index (κ2) is 3.59. The number of rotatable bonds is 1. The highest BCUT2D eigenvalue weighted by Gasteiger charge is 2.04. The predicted molar refractivity (Wildman–Crippen MR) is 67.2 cm³/mol. The molecule has 5 N–H and O–H groups in total. The molecule has 0 aliphatic rings. The fraction of sp³-hybridized carbons (Fsp3) is 0. The van der Waals surface area contributed by atoms with Gasteiger partial charge in [0.25, 0.3) is 0 Å².